The molecular weight excluding hydrogens is 597 g/mol. The largest absolute Gasteiger partial charge is 0.497 e. The highest BCUT2D eigenvalue weighted by Gasteiger charge is 2.28. The van der Waals surface area contributed by atoms with Gasteiger partial charge in [0, 0.05) is 55.3 Å². The van der Waals surface area contributed by atoms with Gasteiger partial charge >= 0.3 is 0 Å². The summed E-state index contributed by atoms with van der Waals surface area (Å²) in [7, 11) is 1.60. The highest BCUT2D eigenvalue weighted by Crippen LogP contribution is 2.27. The molecule has 11 heteroatoms. The lowest BCUT2D eigenvalue weighted by atomic mass is 10.1. The Balaban J connectivity index is 1.11. The van der Waals surface area contributed by atoms with Crippen molar-refractivity contribution in [1.82, 2.24) is 29.4 Å². The van der Waals surface area contributed by atoms with Crippen molar-refractivity contribution in [3.05, 3.63) is 126 Å². The molecule has 1 fully saturated rings. The zero-order chi connectivity index (χ0) is 32.3. The first-order valence-electron chi connectivity index (χ1n) is 15.1. The van der Waals surface area contributed by atoms with Gasteiger partial charge in [0.05, 0.1) is 24.1 Å². The Labute approximate surface area is 270 Å². The van der Waals surface area contributed by atoms with Crippen molar-refractivity contribution < 1.29 is 18.7 Å². The van der Waals surface area contributed by atoms with Crippen LogP contribution >= 0.6 is 0 Å². The van der Waals surface area contributed by atoms with Gasteiger partial charge in [0.25, 0.3) is 11.8 Å². The second-order valence-electron chi connectivity index (χ2n) is 11.0. The summed E-state index contributed by atoms with van der Waals surface area (Å²) in [5, 5.41) is 8.00. The number of piperazine rings is 1. The molecule has 0 radical (unpaired) electrons. The van der Waals surface area contributed by atoms with Crippen LogP contribution in [0.3, 0.4) is 0 Å². The molecule has 4 heterocycles. The number of ether oxygens (including phenoxy) is 1. The molecule has 7 rings (SSSR count). The van der Waals surface area contributed by atoms with Crippen LogP contribution in [0, 0.1) is 5.82 Å². The van der Waals surface area contributed by atoms with E-state index in [1.807, 2.05) is 60.7 Å². The van der Waals surface area contributed by atoms with E-state index in [0.29, 0.717) is 60.2 Å². The van der Waals surface area contributed by atoms with Gasteiger partial charge in [0.2, 0.25) is 0 Å². The molecule has 0 bridgehead atoms. The number of aromatic nitrogens is 4. The number of carbonyl (C=O) groups excluding carboxylic acids is 2. The minimum Gasteiger partial charge on any atom is -0.497 e. The lowest BCUT2D eigenvalue weighted by Crippen LogP contribution is -2.50. The first-order chi connectivity index (χ1) is 23.0. The number of fused-ring (bicyclic) bond motifs is 1. The molecule has 234 valence electrons. The number of amides is 2. The highest BCUT2D eigenvalue weighted by atomic mass is 19.1. The molecule has 1 aliphatic heterocycles. The van der Waals surface area contributed by atoms with Gasteiger partial charge in [-0.2, -0.15) is 5.10 Å². The third kappa shape index (κ3) is 6.10. The second kappa shape index (κ2) is 12.7. The number of halogens is 1. The van der Waals surface area contributed by atoms with Crippen LogP contribution in [-0.4, -0.2) is 74.5 Å². The van der Waals surface area contributed by atoms with Crippen LogP contribution in [0.4, 0.5) is 15.9 Å². The minimum atomic E-state index is -0.358. The van der Waals surface area contributed by atoms with Crippen LogP contribution in [0.5, 0.6) is 5.75 Å². The number of hydrogen-bond donors (Lipinski definition) is 1. The van der Waals surface area contributed by atoms with Crippen molar-refractivity contribution in [2.24, 2.45) is 0 Å². The summed E-state index contributed by atoms with van der Waals surface area (Å²) in [6.07, 6.45) is 1.63. The number of nitrogens with zero attached hydrogens (tertiary/aromatic N) is 6. The maximum atomic E-state index is 13.8. The van der Waals surface area contributed by atoms with E-state index < -0.39 is 0 Å². The van der Waals surface area contributed by atoms with Gasteiger partial charge in [-0.15, -0.1) is 0 Å². The van der Waals surface area contributed by atoms with Crippen LogP contribution < -0.4 is 10.1 Å². The summed E-state index contributed by atoms with van der Waals surface area (Å²) in [6.45, 7) is 1.36. The summed E-state index contributed by atoms with van der Waals surface area (Å²) in [5.41, 5.74) is 4.87. The summed E-state index contributed by atoms with van der Waals surface area (Å²) in [6, 6.07) is 30.1. The lowest BCUT2D eigenvalue weighted by Gasteiger charge is -2.35. The zero-order valence-electron chi connectivity index (χ0n) is 25.5. The number of anilines is 2. The predicted octanol–water partition coefficient (Wildman–Crippen LogP) is 5.95. The molecule has 1 aliphatic rings. The molecule has 0 unspecified atom stereocenters. The minimum absolute atomic E-state index is 0.174. The fourth-order valence-electron chi connectivity index (χ4n) is 5.59. The maximum absolute atomic E-state index is 13.8. The Morgan fingerprint density at radius 1 is 0.787 bits per heavy atom. The zero-order valence-corrected chi connectivity index (χ0v) is 25.5. The van der Waals surface area contributed by atoms with E-state index in [9.17, 15) is 14.0 Å². The second-order valence-corrected chi connectivity index (χ2v) is 11.0. The molecule has 1 N–H and O–H groups in total. The maximum Gasteiger partial charge on any atom is 0.272 e. The number of benzene rings is 3. The predicted molar refractivity (Wildman–Crippen MR) is 176 cm³/mol. The van der Waals surface area contributed by atoms with Crippen LogP contribution in [0.1, 0.15) is 20.8 Å². The number of pyridine rings is 1. The first-order valence-corrected chi connectivity index (χ1v) is 15.1. The molecule has 10 nitrogen and oxygen atoms in total. The third-order valence-electron chi connectivity index (χ3n) is 8.10. The summed E-state index contributed by atoms with van der Waals surface area (Å²) in [5.74, 6) is 0.385. The first kappa shape index (κ1) is 29.6. The van der Waals surface area contributed by atoms with E-state index in [-0.39, 0.29) is 23.3 Å². The Hall–Kier alpha value is -6.10. The fourth-order valence-corrected chi connectivity index (χ4v) is 5.59. The van der Waals surface area contributed by atoms with Gasteiger partial charge < -0.3 is 19.9 Å². The van der Waals surface area contributed by atoms with Gasteiger partial charge in [-0.3, -0.25) is 9.59 Å². The molecule has 0 atom stereocenters. The van der Waals surface area contributed by atoms with E-state index in [1.54, 1.807) is 58.0 Å². The van der Waals surface area contributed by atoms with E-state index in [1.165, 1.54) is 12.1 Å². The van der Waals surface area contributed by atoms with Gasteiger partial charge in [-0.1, -0.05) is 30.3 Å². The molecule has 47 heavy (non-hydrogen) atoms. The van der Waals surface area contributed by atoms with Gasteiger partial charge in [-0.05, 0) is 66.7 Å². The third-order valence-corrected chi connectivity index (χ3v) is 8.10. The summed E-state index contributed by atoms with van der Waals surface area (Å²) in [4.78, 5) is 40.0. The van der Waals surface area contributed by atoms with Crippen molar-refractivity contribution in [2.75, 3.05) is 38.6 Å². The van der Waals surface area contributed by atoms with Crippen molar-refractivity contribution >= 4 is 29.0 Å². The molecule has 1 saturated heterocycles. The molecule has 6 aromatic rings. The van der Waals surface area contributed by atoms with E-state index in [2.05, 4.69) is 10.3 Å². The average Bonchev–Trinajstić information content (AvgIpc) is 3.57. The average molecular weight is 628 g/mol. The van der Waals surface area contributed by atoms with E-state index in [4.69, 9.17) is 14.8 Å². The Morgan fingerprint density at radius 3 is 2.19 bits per heavy atom. The van der Waals surface area contributed by atoms with Crippen molar-refractivity contribution in [2.45, 2.75) is 0 Å². The Bertz CT molecular complexity index is 2060. The van der Waals surface area contributed by atoms with Crippen molar-refractivity contribution in [3.8, 4) is 28.3 Å². The van der Waals surface area contributed by atoms with Crippen LogP contribution in [0.2, 0.25) is 0 Å². The molecule has 2 amide bonds. The number of methoxy groups -OCH3 is 1. The monoisotopic (exact) mass is 627 g/mol. The molecular formula is C36H30FN7O3. The summed E-state index contributed by atoms with van der Waals surface area (Å²) >= 11 is 0. The topological polar surface area (TPSA) is 105 Å². The van der Waals surface area contributed by atoms with Gasteiger partial charge in [0.15, 0.2) is 5.65 Å². The normalized spacial score (nSPS) is 13.1. The number of nitrogens with one attached hydrogen (secondary N) is 1. The number of carbonyl (C=O) groups is 2. The van der Waals surface area contributed by atoms with Crippen LogP contribution in [-0.2, 0) is 0 Å². The Morgan fingerprint density at radius 2 is 1.49 bits per heavy atom. The van der Waals surface area contributed by atoms with Gasteiger partial charge in [-0.25, -0.2) is 18.9 Å². The van der Waals surface area contributed by atoms with E-state index >= 15 is 0 Å². The standard InChI is InChI=1S/C36H30FN7O3/c1-47-28-15-13-27(14-16-28)39-34-29(8-5-17-38-34)35(45)42-18-20-43(21-19-42)36(46)31-22-32(25-9-11-26(37)12-10-25)44-33(40-31)23-30(41-44)24-6-3-2-4-7-24/h2-17,22-23H,18-21H2,1H3,(H,38,39). The number of hydrogen-bond acceptors (Lipinski definition) is 7. The quantitative estimate of drug-likeness (QED) is 0.233. The molecule has 3 aromatic carbocycles. The molecule has 0 aliphatic carbocycles. The van der Waals surface area contributed by atoms with Crippen molar-refractivity contribution in [3.63, 3.8) is 0 Å². The van der Waals surface area contributed by atoms with Gasteiger partial charge in [0.1, 0.15) is 23.1 Å². The summed E-state index contributed by atoms with van der Waals surface area (Å²) < 4.78 is 20.7. The Kier molecular flexibility index (Phi) is 8.01. The van der Waals surface area contributed by atoms with Crippen LogP contribution in [0.15, 0.2) is 109 Å². The van der Waals surface area contributed by atoms with Crippen LogP contribution in [0.25, 0.3) is 28.2 Å². The smallest absolute Gasteiger partial charge is 0.272 e. The molecule has 3 aromatic heterocycles. The van der Waals surface area contributed by atoms with Crippen molar-refractivity contribution in [1.29, 1.82) is 0 Å². The highest BCUT2D eigenvalue weighted by molar-refractivity contribution is 6.00. The molecule has 0 spiro atoms. The number of rotatable bonds is 7. The molecule has 0 saturated carbocycles. The SMILES string of the molecule is COc1ccc(Nc2ncccc2C(=O)N2CCN(C(=O)c3cc(-c4ccc(F)cc4)n4nc(-c5ccccc5)cc4n3)CC2)cc1. The van der Waals surface area contributed by atoms with E-state index in [0.717, 1.165) is 17.0 Å². The lowest BCUT2D eigenvalue weighted by molar-refractivity contribution is 0.0533. The fraction of sp³-hybridized carbons (Fsp3) is 0.139.